The van der Waals surface area contributed by atoms with E-state index in [0.717, 1.165) is 7.11 Å². The maximum atomic E-state index is 10.8. The molecule has 0 rings (SSSR count). The predicted molar refractivity (Wildman–Crippen MR) is 47.6 cm³/mol. The average molecular weight is 237 g/mol. The SMILES string of the molecule is COP(=O)([O-])OCCNC(=O)CN=[N+]=[N-]. The zero-order valence-electron chi connectivity index (χ0n) is 7.95. The van der Waals surface area contributed by atoms with Crippen LogP contribution in [0, 0.1) is 0 Å². The van der Waals surface area contributed by atoms with Crippen molar-refractivity contribution in [3.05, 3.63) is 10.4 Å². The second kappa shape index (κ2) is 7.22. The molecule has 0 aliphatic heterocycles. The topological polar surface area (TPSA) is 136 Å². The van der Waals surface area contributed by atoms with E-state index in [4.69, 9.17) is 5.53 Å². The number of hydrogen-bond acceptors (Lipinski definition) is 6. The van der Waals surface area contributed by atoms with Crippen LogP contribution in [0.2, 0.25) is 0 Å². The van der Waals surface area contributed by atoms with Crippen molar-refractivity contribution in [3.63, 3.8) is 0 Å². The van der Waals surface area contributed by atoms with Crippen LogP contribution in [0.4, 0.5) is 0 Å². The van der Waals surface area contributed by atoms with Gasteiger partial charge in [0.25, 0.3) is 7.82 Å². The highest BCUT2D eigenvalue weighted by atomic mass is 31.2. The molecule has 0 saturated heterocycles. The lowest BCUT2D eigenvalue weighted by atomic mass is 10.6. The molecule has 0 spiro atoms. The first kappa shape index (κ1) is 13.9. The summed E-state index contributed by atoms with van der Waals surface area (Å²) in [5.74, 6) is -0.519. The number of phosphoric acid groups is 1. The molecule has 10 heteroatoms. The molecule has 0 heterocycles. The van der Waals surface area contributed by atoms with Crippen LogP contribution in [-0.4, -0.2) is 32.7 Å². The summed E-state index contributed by atoms with van der Waals surface area (Å²) in [5.41, 5.74) is 7.88. The van der Waals surface area contributed by atoms with Crippen molar-refractivity contribution in [3.8, 4) is 0 Å². The third-order valence-electron chi connectivity index (χ3n) is 1.17. The van der Waals surface area contributed by atoms with E-state index in [0.29, 0.717) is 0 Å². The van der Waals surface area contributed by atoms with Gasteiger partial charge < -0.3 is 19.3 Å². The Balaban J connectivity index is 3.59. The maximum Gasteiger partial charge on any atom is 0.267 e. The van der Waals surface area contributed by atoms with Crippen LogP contribution in [0.25, 0.3) is 10.4 Å². The fraction of sp³-hybridized carbons (Fsp3) is 0.800. The van der Waals surface area contributed by atoms with Crippen molar-refractivity contribution in [2.75, 3.05) is 26.8 Å². The molecule has 15 heavy (non-hydrogen) atoms. The summed E-state index contributed by atoms with van der Waals surface area (Å²) in [6.45, 7) is -0.595. The number of carbonyl (C=O) groups is 1. The highest BCUT2D eigenvalue weighted by molar-refractivity contribution is 7.45. The zero-order valence-corrected chi connectivity index (χ0v) is 8.85. The lowest BCUT2D eigenvalue weighted by Crippen LogP contribution is -2.29. The number of hydrogen-bond donors (Lipinski definition) is 1. The van der Waals surface area contributed by atoms with Crippen LogP contribution in [0.1, 0.15) is 0 Å². The largest absolute Gasteiger partial charge is 0.756 e. The molecule has 9 nitrogen and oxygen atoms in total. The van der Waals surface area contributed by atoms with E-state index >= 15 is 0 Å². The minimum Gasteiger partial charge on any atom is -0.756 e. The summed E-state index contributed by atoms with van der Waals surface area (Å²) in [6.07, 6.45) is 0. The minimum absolute atomic E-state index is 0.0185. The summed E-state index contributed by atoms with van der Waals surface area (Å²) in [5, 5.41) is 5.27. The van der Waals surface area contributed by atoms with Gasteiger partial charge in [-0.15, -0.1) is 0 Å². The predicted octanol–water partition coefficient (Wildman–Crippen LogP) is -0.456. The van der Waals surface area contributed by atoms with E-state index < -0.39 is 13.7 Å². The van der Waals surface area contributed by atoms with Crippen molar-refractivity contribution in [1.29, 1.82) is 0 Å². The fourth-order valence-electron chi connectivity index (χ4n) is 0.552. The molecular formula is C5H10N4O5P-. The zero-order chi connectivity index (χ0) is 11.7. The number of nitrogens with one attached hydrogen (secondary N) is 1. The van der Waals surface area contributed by atoms with Gasteiger partial charge in [-0.3, -0.25) is 9.36 Å². The third kappa shape index (κ3) is 7.92. The Morgan fingerprint density at radius 2 is 2.40 bits per heavy atom. The summed E-state index contributed by atoms with van der Waals surface area (Å²) >= 11 is 0. The Hall–Kier alpha value is -1.11. The molecule has 1 unspecified atom stereocenters. The lowest BCUT2D eigenvalue weighted by Gasteiger charge is -2.19. The molecule has 0 bridgehead atoms. The Morgan fingerprint density at radius 1 is 1.73 bits per heavy atom. The Bertz CT molecular complexity index is 302. The van der Waals surface area contributed by atoms with Crippen molar-refractivity contribution in [2.45, 2.75) is 0 Å². The molecule has 1 amide bonds. The van der Waals surface area contributed by atoms with E-state index in [1.165, 1.54) is 0 Å². The normalized spacial score (nSPS) is 13.7. The molecule has 1 N–H and O–H groups in total. The van der Waals surface area contributed by atoms with Gasteiger partial charge >= 0.3 is 0 Å². The molecule has 0 radical (unpaired) electrons. The molecular weight excluding hydrogens is 227 g/mol. The molecule has 0 aromatic carbocycles. The van der Waals surface area contributed by atoms with Crippen LogP contribution < -0.4 is 10.2 Å². The van der Waals surface area contributed by atoms with Crippen molar-refractivity contribution in [2.24, 2.45) is 5.11 Å². The van der Waals surface area contributed by atoms with Gasteiger partial charge in [0.15, 0.2) is 0 Å². The molecule has 86 valence electrons. The molecule has 0 aliphatic carbocycles. The third-order valence-corrected chi connectivity index (χ3v) is 2.12. The van der Waals surface area contributed by atoms with E-state index in [-0.39, 0.29) is 19.7 Å². The summed E-state index contributed by atoms with van der Waals surface area (Å²) in [4.78, 5) is 23.8. The van der Waals surface area contributed by atoms with Crippen LogP contribution in [0.3, 0.4) is 0 Å². The van der Waals surface area contributed by atoms with Gasteiger partial charge in [0.05, 0.1) is 6.61 Å². The standard InChI is InChI=1S/C5H11N4O5P/c1-13-15(11,12)14-3-2-7-5(10)4-8-9-6/h2-4H2,1H3,(H,7,10)(H,11,12)/p-1. The van der Waals surface area contributed by atoms with E-state index in [2.05, 4.69) is 24.4 Å². The molecule has 0 fully saturated rings. The molecule has 0 aliphatic rings. The lowest BCUT2D eigenvalue weighted by molar-refractivity contribution is -0.222. The number of phosphoric ester groups is 1. The Kier molecular flexibility index (Phi) is 6.68. The van der Waals surface area contributed by atoms with Crippen molar-refractivity contribution >= 4 is 13.7 Å². The van der Waals surface area contributed by atoms with Crippen LogP contribution in [0.15, 0.2) is 5.11 Å². The number of nitrogens with zero attached hydrogens (tertiary/aromatic N) is 3. The van der Waals surface area contributed by atoms with Gasteiger partial charge in [0, 0.05) is 18.6 Å². The fourth-order valence-corrected chi connectivity index (χ4v) is 0.973. The molecule has 0 aromatic rings. The van der Waals surface area contributed by atoms with Gasteiger partial charge in [-0.05, 0) is 5.53 Å². The number of amides is 1. The van der Waals surface area contributed by atoms with Gasteiger partial charge in [-0.25, -0.2) is 0 Å². The first-order valence-corrected chi connectivity index (χ1v) is 5.27. The van der Waals surface area contributed by atoms with Crippen LogP contribution in [-0.2, 0) is 18.4 Å². The van der Waals surface area contributed by atoms with Crippen molar-refractivity contribution in [1.82, 2.24) is 5.32 Å². The highest BCUT2D eigenvalue weighted by Crippen LogP contribution is 2.36. The maximum absolute atomic E-state index is 10.8. The van der Waals surface area contributed by atoms with E-state index in [1.807, 2.05) is 0 Å². The Labute approximate surface area is 85.6 Å². The number of azide groups is 1. The quantitative estimate of drug-likeness (QED) is 0.210. The highest BCUT2D eigenvalue weighted by Gasteiger charge is 2.05. The number of carbonyl (C=O) groups excluding carboxylic acids is 1. The summed E-state index contributed by atoms with van der Waals surface area (Å²) < 4.78 is 18.9. The summed E-state index contributed by atoms with van der Waals surface area (Å²) in [6, 6.07) is 0. The first-order valence-electron chi connectivity index (χ1n) is 3.80. The van der Waals surface area contributed by atoms with Crippen molar-refractivity contribution < 1.29 is 23.3 Å². The molecule has 0 saturated carbocycles. The average Bonchev–Trinajstić information content (AvgIpc) is 2.21. The number of rotatable bonds is 7. The van der Waals surface area contributed by atoms with E-state index in [9.17, 15) is 14.3 Å². The second-order valence-electron chi connectivity index (χ2n) is 2.20. The van der Waals surface area contributed by atoms with Crippen LogP contribution >= 0.6 is 7.82 Å². The van der Waals surface area contributed by atoms with Gasteiger partial charge in [0.2, 0.25) is 5.91 Å². The monoisotopic (exact) mass is 237 g/mol. The second-order valence-corrected chi connectivity index (χ2v) is 3.72. The Morgan fingerprint density at radius 3 is 2.93 bits per heavy atom. The van der Waals surface area contributed by atoms with Gasteiger partial charge in [-0.1, -0.05) is 5.11 Å². The van der Waals surface area contributed by atoms with Crippen LogP contribution in [0.5, 0.6) is 0 Å². The van der Waals surface area contributed by atoms with E-state index in [1.54, 1.807) is 0 Å². The summed E-state index contributed by atoms with van der Waals surface area (Å²) in [7, 11) is -3.27. The minimum atomic E-state index is -4.24. The molecule has 0 aromatic heterocycles. The molecule has 1 atom stereocenters. The smallest absolute Gasteiger partial charge is 0.267 e. The van der Waals surface area contributed by atoms with Gasteiger partial charge in [0.1, 0.15) is 6.54 Å². The first-order chi connectivity index (χ1) is 7.02. The van der Waals surface area contributed by atoms with Gasteiger partial charge in [-0.2, -0.15) is 0 Å².